The van der Waals surface area contributed by atoms with E-state index in [0.29, 0.717) is 12.1 Å². The minimum atomic E-state index is -0.614. The number of hydrogen-bond acceptors (Lipinski definition) is 7. The third-order valence-electron chi connectivity index (χ3n) is 4.39. The molecule has 1 amide bonds. The Labute approximate surface area is 198 Å². The molecule has 0 radical (unpaired) electrons. The third-order valence-corrected chi connectivity index (χ3v) is 8.22. The van der Waals surface area contributed by atoms with E-state index < -0.39 is 19.3 Å². The number of methoxy groups -OCH3 is 1. The summed E-state index contributed by atoms with van der Waals surface area (Å²) >= 11 is 5.57. The molecule has 0 bridgehead atoms. The lowest BCUT2D eigenvalue weighted by Crippen LogP contribution is -2.40. The fraction of sp³-hybridized carbons (Fsp3) is 0.235. The number of carbonyl (C=O) groups excluding carboxylic acids is 1. The number of amides is 1. The molecular formula is C17H15I2N2O6PS. The number of halogens is 2. The van der Waals surface area contributed by atoms with E-state index in [1.54, 1.807) is 12.1 Å². The summed E-state index contributed by atoms with van der Waals surface area (Å²) in [6, 6.07) is 9.33. The third kappa shape index (κ3) is 4.89. The van der Waals surface area contributed by atoms with E-state index in [1.807, 2.05) is 12.1 Å². The average molecular weight is 660 g/mol. The number of hydrogen-bond donors (Lipinski definition) is 1. The number of anilines is 1. The van der Waals surface area contributed by atoms with Crippen molar-refractivity contribution in [3.8, 4) is 11.5 Å². The van der Waals surface area contributed by atoms with Gasteiger partial charge in [-0.3, -0.25) is 14.9 Å². The van der Waals surface area contributed by atoms with Gasteiger partial charge in [-0.2, -0.15) is 0 Å². The maximum Gasteiger partial charge on any atom is 0.286 e. The van der Waals surface area contributed by atoms with E-state index in [9.17, 15) is 20.0 Å². The average Bonchev–Trinajstić information content (AvgIpc) is 3.09. The van der Waals surface area contributed by atoms with Crippen LogP contribution in [0.4, 0.5) is 11.4 Å². The Hall–Kier alpha value is -0.890. The molecule has 1 heterocycles. The number of nitro groups is 1. The Morgan fingerprint density at radius 1 is 1.38 bits per heavy atom. The van der Waals surface area contributed by atoms with Gasteiger partial charge in [-0.1, -0.05) is 18.2 Å². The fourth-order valence-corrected chi connectivity index (χ4v) is 5.30. The van der Waals surface area contributed by atoms with Gasteiger partial charge in [-0.25, -0.2) is 0 Å². The number of carbonyl (C=O) groups is 1. The second kappa shape index (κ2) is 9.94. The van der Waals surface area contributed by atoms with Crippen molar-refractivity contribution < 1.29 is 23.7 Å². The van der Waals surface area contributed by atoms with Gasteiger partial charge in [0.05, 0.1) is 30.7 Å². The Bertz CT molecular complexity index is 948. The van der Waals surface area contributed by atoms with E-state index in [2.05, 4.69) is 44.1 Å². The predicted octanol–water partition coefficient (Wildman–Crippen LogP) is 5.29. The van der Waals surface area contributed by atoms with E-state index >= 15 is 0 Å². The molecule has 0 saturated carbocycles. The van der Waals surface area contributed by atoms with Gasteiger partial charge in [0.2, 0.25) is 0 Å². The largest absolute Gasteiger partial charge is 0.493 e. The van der Waals surface area contributed by atoms with Gasteiger partial charge in [0.25, 0.3) is 11.6 Å². The molecule has 1 N–H and O–H groups in total. The summed E-state index contributed by atoms with van der Waals surface area (Å²) in [6.45, 7) is -0.252. The molecule has 29 heavy (non-hydrogen) atoms. The molecule has 2 aromatic rings. The van der Waals surface area contributed by atoms with E-state index in [1.165, 1.54) is 35.8 Å². The highest BCUT2D eigenvalue weighted by Gasteiger charge is 2.37. The monoisotopic (exact) mass is 660 g/mol. The van der Waals surface area contributed by atoms with E-state index in [4.69, 9.17) is 8.92 Å². The van der Waals surface area contributed by atoms with Gasteiger partial charge in [0.15, 0.2) is 11.5 Å². The first-order chi connectivity index (χ1) is 13.9. The molecule has 0 spiro atoms. The number of fused-ring (bicyclic) bond motifs is 1. The first-order valence-corrected chi connectivity index (χ1v) is 16.5. The molecule has 0 saturated heterocycles. The highest BCUT2D eigenvalue weighted by Crippen LogP contribution is 2.65. The first kappa shape index (κ1) is 22.8. The van der Waals surface area contributed by atoms with Crippen LogP contribution in [0.5, 0.6) is 11.5 Å². The number of benzene rings is 2. The van der Waals surface area contributed by atoms with Crippen molar-refractivity contribution in [2.45, 2.75) is 12.5 Å². The highest BCUT2D eigenvalue weighted by atomic mass is 127. The van der Waals surface area contributed by atoms with Gasteiger partial charge < -0.3 is 18.9 Å². The van der Waals surface area contributed by atoms with Gasteiger partial charge in [0, 0.05) is 11.8 Å². The standard InChI is InChI=1S/C17H15I2N2O6PS/c1-26-15-7-12(14(21(24)25)8-16(15)27-29-28(18)19)17(23)20-11(9-22)6-10-4-2-3-5-13(10)20/h2-5,7-8,11,22H,6,9H2,1H3/t11-/m0/s1. The normalized spacial score (nSPS) is 15.3. The molecule has 0 aromatic heterocycles. The summed E-state index contributed by atoms with van der Waals surface area (Å²) in [5.74, 6) is -0.158. The molecule has 0 unspecified atom stereocenters. The molecule has 1 atom stereocenters. The van der Waals surface area contributed by atoms with Gasteiger partial charge in [-0.15, -0.1) is 0 Å². The van der Waals surface area contributed by atoms with Crippen LogP contribution in [-0.4, -0.2) is 35.7 Å². The SMILES string of the molecule is COc1cc(C(=O)N2c3ccccc3C[C@H]2CO)c([N+](=O)[O-])cc1OSP(I)I. The van der Waals surface area contributed by atoms with Crippen LogP contribution < -0.4 is 13.8 Å². The lowest BCUT2D eigenvalue weighted by Gasteiger charge is -2.24. The van der Waals surface area contributed by atoms with Gasteiger partial charge in [-0.05, 0) is 62.1 Å². The number of rotatable bonds is 7. The Morgan fingerprint density at radius 2 is 2.10 bits per heavy atom. The summed E-state index contributed by atoms with van der Waals surface area (Å²) < 4.78 is 10.4. The zero-order valence-electron chi connectivity index (χ0n) is 14.9. The van der Waals surface area contributed by atoms with Crippen molar-refractivity contribution in [1.82, 2.24) is 0 Å². The smallest absolute Gasteiger partial charge is 0.286 e. The van der Waals surface area contributed by atoms with Crippen molar-refractivity contribution in [3.05, 3.63) is 57.6 Å². The predicted molar refractivity (Wildman–Crippen MR) is 131 cm³/mol. The maximum absolute atomic E-state index is 13.4. The summed E-state index contributed by atoms with van der Waals surface area (Å²) in [5.41, 5.74) is 1.05. The van der Waals surface area contributed by atoms with Gasteiger partial charge >= 0.3 is 0 Å². The van der Waals surface area contributed by atoms with Crippen molar-refractivity contribution in [1.29, 1.82) is 0 Å². The summed E-state index contributed by atoms with van der Waals surface area (Å²) in [5, 5.41) is 21.5. The number of ether oxygens (including phenoxy) is 1. The number of nitrogens with zero attached hydrogens (tertiary/aromatic N) is 2. The van der Waals surface area contributed by atoms with Gasteiger partial charge in [0.1, 0.15) is 19.6 Å². The van der Waals surface area contributed by atoms with Crippen molar-refractivity contribution in [2.24, 2.45) is 0 Å². The Morgan fingerprint density at radius 3 is 2.72 bits per heavy atom. The molecule has 8 nitrogen and oxygen atoms in total. The number of para-hydroxylation sites is 1. The maximum atomic E-state index is 13.4. The highest BCUT2D eigenvalue weighted by molar-refractivity contribution is 14.3. The minimum absolute atomic E-state index is 0.120. The molecule has 12 heteroatoms. The molecule has 3 rings (SSSR count). The molecule has 1 aliphatic rings. The zero-order chi connectivity index (χ0) is 21.1. The summed E-state index contributed by atoms with van der Waals surface area (Å²) in [7, 11) is 1.41. The quantitative estimate of drug-likeness (QED) is 0.142. The second-order valence-electron chi connectivity index (χ2n) is 5.98. The molecule has 0 aliphatic carbocycles. The van der Waals surface area contributed by atoms with Crippen molar-refractivity contribution >= 4 is 75.4 Å². The van der Waals surface area contributed by atoms with Crippen LogP contribution in [0.1, 0.15) is 15.9 Å². The second-order valence-corrected chi connectivity index (χ2v) is 23.5. The van der Waals surface area contributed by atoms with E-state index in [0.717, 1.165) is 5.56 Å². The van der Waals surface area contributed by atoms with Crippen LogP contribution in [0.25, 0.3) is 0 Å². The topological polar surface area (TPSA) is 102 Å². The molecule has 1 aliphatic heterocycles. The fourth-order valence-electron chi connectivity index (χ4n) is 3.18. The zero-order valence-corrected chi connectivity index (χ0v) is 21.0. The van der Waals surface area contributed by atoms with Crippen LogP contribution in [0.3, 0.4) is 0 Å². The lowest BCUT2D eigenvalue weighted by molar-refractivity contribution is -0.385. The lowest BCUT2D eigenvalue weighted by atomic mass is 10.1. The molecule has 154 valence electrons. The molecular weight excluding hydrogens is 645 g/mol. The van der Waals surface area contributed by atoms with Crippen molar-refractivity contribution in [2.75, 3.05) is 18.6 Å². The minimum Gasteiger partial charge on any atom is -0.493 e. The van der Waals surface area contributed by atoms with Crippen LogP contribution >= 0.6 is 58.2 Å². The van der Waals surface area contributed by atoms with Crippen LogP contribution in [-0.2, 0) is 6.42 Å². The first-order valence-electron chi connectivity index (χ1n) is 8.22. The Kier molecular flexibility index (Phi) is 7.81. The van der Waals surface area contributed by atoms with E-state index in [-0.39, 0.29) is 29.4 Å². The molecule has 2 aromatic carbocycles. The summed E-state index contributed by atoms with van der Waals surface area (Å²) in [4.78, 5) is 25.9. The Balaban J connectivity index is 2.07. The number of aliphatic hydroxyl groups excluding tert-OH is 1. The van der Waals surface area contributed by atoms with Crippen LogP contribution in [0.15, 0.2) is 36.4 Å². The number of aliphatic hydroxyl groups is 1. The van der Waals surface area contributed by atoms with Crippen LogP contribution in [0.2, 0.25) is 0 Å². The van der Waals surface area contributed by atoms with Crippen molar-refractivity contribution in [3.63, 3.8) is 0 Å². The van der Waals surface area contributed by atoms with Crippen LogP contribution in [0, 0.1) is 10.1 Å². The number of nitro benzene ring substituents is 1. The molecule has 0 fully saturated rings. The summed E-state index contributed by atoms with van der Waals surface area (Å²) in [6.07, 6.45) is 0.482.